The maximum Gasteiger partial charge on any atom is 0.243 e. The number of carbonyl (C=O) groups excluding carboxylic acids is 2. The molecule has 2 amide bonds. The summed E-state index contributed by atoms with van der Waals surface area (Å²) >= 11 is 0. The Labute approximate surface area is 182 Å². The Hall–Kier alpha value is -2.71. The van der Waals surface area contributed by atoms with Crippen LogP contribution in [0.15, 0.2) is 47.4 Å². The molecule has 31 heavy (non-hydrogen) atoms. The van der Waals surface area contributed by atoms with Crippen LogP contribution in [0, 0.1) is 0 Å². The number of nitrogens with zero attached hydrogens (tertiary/aromatic N) is 1. The quantitative estimate of drug-likeness (QED) is 0.746. The zero-order valence-corrected chi connectivity index (χ0v) is 18.4. The maximum atomic E-state index is 13.1. The van der Waals surface area contributed by atoms with Gasteiger partial charge in [-0.1, -0.05) is 24.3 Å². The second-order valence-electron chi connectivity index (χ2n) is 8.19. The van der Waals surface area contributed by atoms with Crippen LogP contribution < -0.4 is 10.6 Å². The number of likely N-dealkylation sites (N-methyl/N-ethyl adjacent to an activating group) is 1. The number of carbonyl (C=O) groups is 2. The molecule has 0 fully saturated rings. The molecule has 0 bridgehead atoms. The predicted octanol–water partition coefficient (Wildman–Crippen LogP) is 2.78. The Morgan fingerprint density at radius 2 is 1.87 bits per heavy atom. The van der Waals surface area contributed by atoms with Crippen molar-refractivity contribution in [2.45, 2.75) is 49.5 Å². The fourth-order valence-corrected chi connectivity index (χ4v) is 5.50. The van der Waals surface area contributed by atoms with Crippen molar-refractivity contribution in [3.05, 3.63) is 59.2 Å². The van der Waals surface area contributed by atoms with E-state index in [2.05, 4.69) is 16.7 Å². The van der Waals surface area contributed by atoms with Gasteiger partial charge >= 0.3 is 0 Å². The zero-order chi connectivity index (χ0) is 22.0. The van der Waals surface area contributed by atoms with Crippen LogP contribution in [0.1, 0.15) is 48.4 Å². The van der Waals surface area contributed by atoms with Crippen LogP contribution in [0.2, 0.25) is 0 Å². The summed E-state index contributed by atoms with van der Waals surface area (Å²) in [5.41, 5.74) is 3.79. The molecule has 1 atom stereocenters. The van der Waals surface area contributed by atoms with Crippen LogP contribution in [-0.4, -0.2) is 38.1 Å². The molecule has 8 heteroatoms. The third-order valence-electron chi connectivity index (χ3n) is 5.98. The highest BCUT2D eigenvalue weighted by molar-refractivity contribution is 7.89. The van der Waals surface area contributed by atoms with Gasteiger partial charge in [0.15, 0.2) is 0 Å². The van der Waals surface area contributed by atoms with Gasteiger partial charge in [0.25, 0.3) is 0 Å². The first-order valence-corrected chi connectivity index (χ1v) is 12.0. The Morgan fingerprint density at radius 3 is 2.71 bits per heavy atom. The molecule has 0 saturated carbocycles. The molecule has 1 aliphatic carbocycles. The Kier molecular flexibility index (Phi) is 6.11. The van der Waals surface area contributed by atoms with E-state index in [9.17, 15) is 18.0 Å². The van der Waals surface area contributed by atoms with Crippen LogP contribution >= 0.6 is 0 Å². The number of amides is 2. The van der Waals surface area contributed by atoms with E-state index in [-0.39, 0.29) is 29.3 Å². The highest BCUT2D eigenvalue weighted by atomic mass is 32.2. The normalized spacial score (nSPS) is 18.5. The summed E-state index contributed by atoms with van der Waals surface area (Å²) in [7, 11) is -2.42. The molecule has 0 spiro atoms. The molecule has 2 N–H and O–H groups in total. The summed E-state index contributed by atoms with van der Waals surface area (Å²) in [6.45, 7) is -0.255. The molecule has 2 aromatic rings. The molecular weight excluding hydrogens is 414 g/mol. The van der Waals surface area contributed by atoms with Crippen molar-refractivity contribution < 1.29 is 18.0 Å². The number of fused-ring (bicyclic) bond motifs is 2. The Balaban J connectivity index is 1.46. The molecular formula is C23H27N3O4S. The van der Waals surface area contributed by atoms with Crippen molar-refractivity contribution in [1.82, 2.24) is 9.62 Å². The van der Waals surface area contributed by atoms with Gasteiger partial charge in [-0.05, 0) is 67.0 Å². The smallest absolute Gasteiger partial charge is 0.243 e. The molecule has 164 valence electrons. The van der Waals surface area contributed by atoms with Crippen LogP contribution in [0.5, 0.6) is 0 Å². The van der Waals surface area contributed by atoms with Crippen LogP contribution in [0.3, 0.4) is 0 Å². The third kappa shape index (κ3) is 4.65. The van der Waals surface area contributed by atoms with E-state index < -0.39 is 10.0 Å². The van der Waals surface area contributed by atoms with Gasteiger partial charge in [-0.15, -0.1) is 0 Å². The van der Waals surface area contributed by atoms with Crippen molar-refractivity contribution in [3.8, 4) is 0 Å². The summed E-state index contributed by atoms with van der Waals surface area (Å²) in [6, 6.07) is 12.7. The number of rotatable bonds is 5. The van der Waals surface area contributed by atoms with E-state index in [0.717, 1.165) is 34.7 Å². The van der Waals surface area contributed by atoms with Gasteiger partial charge in [-0.2, -0.15) is 4.31 Å². The summed E-state index contributed by atoms with van der Waals surface area (Å²) in [5.74, 6) is -0.387. The molecule has 0 aromatic heterocycles. The molecule has 0 radical (unpaired) electrons. The average Bonchev–Trinajstić information content (AvgIpc) is 2.93. The zero-order valence-electron chi connectivity index (χ0n) is 17.6. The first-order chi connectivity index (χ1) is 14.8. The van der Waals surface area contributed by atoms with Crippen molar-refractivity contribution in [2.75, 3.05) is 18.9 Å². The highest BCUT2D eigenvalue weighted by Crippen LogP contribution is 2.30. The number of sulfonamides is 1. The lowest BCUT2D eigenvalue weighted by molar-refractivity contribution is -0.122. The van der Waals surface area contributed by atoms with Crippen LogP contribution in [0.4, 0.5) is 5.69 Å². The lowest BCUT2D eigenvalue weighted by Gasteiger charge is -2.27. The van der Waals surface area contributed by atoms with Gasteiger partial charge in [0.1, 0.15) is 0 Å². The summed E-state index contributed by atoms with van der Waals surface area (Å²) in [5, 5.41) is 5.80. The van der Waals surface area contributed by atoms with Gasteiger partial charge in [-0.3, -0.25) is 9.59 Å². The lowest BCUT2D eigenvalue weighted by atomic mass is 9.88. The first-order valence-electron chi connectivity index (χ1n) is 10.6. The minimum absolute atomic E-state index is 0.0626. The van der Waals surface area contributed by atoms with Crippen molar-refractivity contribution in [1.29, 1.82) is 0 Å². The monoisotopic (exact) mass is 441 g/mol. The molecule has 0 unspecified atom stereocenters. The first kappa shape index (κ1) is 21.5. The van der Waals surface area contributed by atoms with E-state index in [1.807, 2.05) is 18.2 Å². The van der Waals surface area contributed by atoms with E-state index in [0.29, 0.717) is 24.9 Å². The number of aryl methyl sites for hydroxylation is 2. The topological polar surface area (TPSA) is 95.6 Å². The molecule has 7 nitrogen and oxygen atoms in total. The van der Waals surface area contributed by atoms with Crippen molar-refractivity contribution >= 4 is 27.5 Å². The standard InChI is InChI=1S/C23H27N3O4S/c1-26(15-23(28)25-21-10-4-7-16-6-2-3-9-19(16)21)31(29,30)18-12-13-20-17(14-18)8-5-11-22(27)24-20/h2-3,6,9,12-14,21H,4-5,7-8,10-11,15H2,1H3,(H,24,27)(H,25,28)/t21-/m1/s1. The van der Waals surface area contributed by atoms with E-state index in [1.165, 1.54) is 18.7 Å². The summed E-state index contributed by atoms with van der Waals surface area (Å²) in [6.07, 6.45) is 4.54. The molecule has 4 rings (SSSR count). The largest absolute Gasteiger partial charge is 0.348 e. The Morgan fingerprint density at radius 1 is 1.10 bits per heavy atom. The van der Waals surface area contributed by atoms with E-state index in [4.69, 9.17) is 0 Å². The van der Waals surface area contributed by atoms with Crippen LogP contribution in [-0.2, 0) is 32.5 Å². The number of hydrogen-bond acceptors (Lipinski definition) is 4. The minimum atomic E-state index is -3.83. The van der Waals surface area contributed by atoms with Crippen molar-refractivity contribution in [3.63, 3.8) is 0 Å². The molecule has 2 aromatic carbocycles. The maximum absolute atomic E-state index is 13.1. The number of anilines is 1. The lowest BCUT2D eigenvalue weighted by Crippen LogP contribution is -2.40. The highest BCUT2D eigenvalue weighted by Gasteiger charge is 2.27. The van der Waals surface area contributed by atoms with Gasteiger partial charge in [-0.25, -0.2) is 8.42 Å². The molecule has 2 aliphatic rings. The van der Waals surface area contributed by atoms with Crippen LogP contribution in [0.25, 0.3) is 0 Å². The van der Waals surface area contributed by atoms with E-state index in [1.54, 1.807) is 12.1 Å². The van der Waals surface area contributed by atoms with Gasteiger partial charge in [0.05, 0.1) is 17.5 Å². The predicted molar refractivity (Wildman–Crippen MR) is 118 cm³/mol. The third-order valence-corrected chi connectivity index (χ3v) is 7.78. The van der Waals surface area contributed by atoms with E-state index >= 15 is 0 Å². The second-order valence-corrected chi connectivity index (χ2v) is 10.2. The SMILES string of the molecule is CN(CC(=O)N[C@@H]1CCCc2ccccc21)S(=O)(=O)c1ccc2c(c1)CCCC(=O)N2. The summed E-state index contributed by atoms with van der Waals surface area (Å²) in [4.78, 5) is 24.5. The summed E-state index contributed by atoms with van der Waals surface area (Å²) < 4.78 is 27.2. The average molecular weight is 442 g/mol. The second kappa shape index (κ2) is 8.80. The number of nitrogens with one attached hydrogen (secondary N) is 2. The van der Waals surface area contributed by atoms with Gasteiger partial charge < -0.3 is 10.6 Å². The molecule has 0 saturated heterocycles. The molecule has 1 aliphatic heterocycles. The Bertz CT molecular complexity index is 1110. The fourth-order valence-electron chi connectivity index (χ4n) is 4.32. The van der Waals surface area contributed by atoms with Crippen molar-refractivity contribution in [2.24, 2.45) is 0 Å². The number of hydrogen-bond donors (Lipinski definition) is 2. The minimum Gasteiger partial charge on any atom is -0.348 e. The number of benzene rings is 2. The fraction of sp³-hybridized carbons (Fsp3) is 0.391. The van der Waals surface area contributed by atoms with Gasteiger partial charge in [0.2, 0.25) is 21.8 Å². The van der Waals surface area contributed by atoms with Gasteiger partial charge in [0, 0.05) is 19.2 Å². The molecule has 1 heterocycles.